The first-order valence-corrected chi connectivity index (χ1v) is 4.69. The Morgan fingerprint density at radius 3 is 1.69 bits per heavy atom. The SMILES string of the molecule is N=C1CCCCCCC(=N)OCO1. The predicted octanol–water partition coefficient (Wildman–Crippen LogP) is 2.29. The summed E-state index contributed by atoms with van der Waals surface area (Å²) < 4.78 is 9.93. The van der Waals surface area contributed by atoms with Gasteiger partial charge in [0, 0.05) is 12.8 Å². The molecule has 0 aromatic carbocycles. The third kappa shape index (κ3) is 4.50. The average Bonchev–Trinajstić information content (AvgIpc) is 2.13. The second-order valence-electron chi connectivity index (χ2n) is 3.17. The van der Waals surface area contributed by atoms with Gasteiger partial charge in [-0.05, 0) is 12.8 Å². The fraction of sp³-hybridized carbons (Fsp3) is 0.778. The number of hydrogen-bond donors (Lipinski definition) is 2. The molecule has 1 fully saturated rings. The van der Waals surface area contributed by atoms with Crippen molar-refractivity contribution in [1.29, 1.82) is 10.8 Å². The van der Waals surface area contributed by atoms with Crippen LogP contribution in [-0.2, 0) is 9.47 Å². The van der Waals surface area contributed by atoms with Crippen molar-refractivity contribution < 1.29 is 9.47 Å². The highest BCUT2D eigenvalue weighted by atomic mass is 16.7. The maximum Gasteiger partial charge on any atom is 0.233 e. The van der Waals surface area contributed by atoms with Crippen LogP contribution in [0.5, 0.6) is 0 Å². The summed E-state index contributed by atoms with van der Waals surface area (Å²) in [5.74, 6) is 0.546. The van der Waals surface area contributed by atoms with E-state index in [1.807, 2.05) is 0 Å². The van der Waals surface area contributed by atoms with Crippen LogP contribution in [0.25, 0.3) is 0 Å². The van der Waals surface area contributed by atoms with Crippen molar-refractivity contribution in [2.24, 2.45) is 0 Å². The first-order valence-electron chi connectivity index (χ1n) is 4.69. The third-order valence-electron chi connectivity index (χ3n) is 2.02. The highest BCUT2D eigenvalue weighted by Gasteiger charge is 2.03. The van der Waals surface area contributed by atoms with Crippen molar-refractivity contribution >= 4 is 11.8 Å². The van der Waals surface area contributed by atoms with Gasteiger partial charge in [-0.2, -0.15) is 0 Å². The summed E-state index contributed by atoms with van der Waals surface area (Å²) in [4.78, 5) is 0. The molecule has 0 aromatic heterocycles. The molecule has 1 heterocycles. The van der Waals surface area contributed by atoms with E-state index in [1.165, 1.54) is 0 Å². The van der Waals surface area contributed by atoms with Gasteiger partial charge in [0.15, 0.2) is 11.8 Å². The second kappa shape index (κ2) is 5.56. The van der Waals surface area contributed by atoms with Gasteiger partial charge in [-0.25, -0.2) is 0 Å². The Morgan fingerprint density at radius 2 is 1.23 bits per heavy atom. The van der Waals surface area contributed by atoms with Crippen LogP contribution >= 0.6 is 0 Å². The summed E-state index contributed by atoms with van der Waals surface area (Å²) in [6, 6.07) is 0. The highest BCUT2D eigenvalue weighted by Crippen LogP contribution is 2.08. The van der Waals surface area contributed by atoms with Crippen LogP contribution in [0.15, 0.2) is 0 Å². The Labute approximate surface area is 78.3 Å². The molecular formula is C9H16N2O2. The summed E-state index contributed by atoms with van der Waals surface area (Å²) in [7, 11) is 0. The fourth-order valence-electron chi connectivity index (χ4n) is 1.24. The minimum absolute atomic E-state index is 0.0255. The molecular weight excluding hydrogens is 168 g/mol. The summed E-state index contributed by atoms with van der Waals surface area (Å²) >= 11 is 0. The molecule has 4 heteroatoms. The zero-order chi connectivity index (χ0) is 9.52. The first-order chi connectivity index (χ1) is 6.29. The van der Waals surface area contributed by atoms with Gasteiger partial charge in [-0.1, -0.05) is 12.8 Å². The van der Waals surface area contributed by atoms with E-state index in [1.54, 1.807) is 0 Å². The summed E-state index contributed by atoms with van der Waals surface area (Å²) in [6.07, 6.45) is 5.61. The van der Waals surface area contributed by atoms with Crippen LogP contribution < -0.4 is 0 Å². The molecule has 0 amide bonds. The van der Waals surface area contributed by atoms with Crippen LogP contribution in [0, 0.1) is 10.8 Å². The molecule has 0 bridgehead atoms. The van der Waals surface area contributed by atoms with Crippen LogP contribution in [0.4, 0.5) is 0 Å². The predicted molar refractivity (Wildman–Crippen MR) is 50.2 cm³/mol. The normalized spacial score (nSPS) is 21.2. The zero-order valence-electron chi connectivity index (χ0n) is 7.77. The topological polar surface area (TPSA) is 66.2 Å². The Hall–Kier alpha value is -1.06. The molecule has 0 spiro atoms. The van der Waals surface area contributed by atoms with Gasteiger partial charge in [0.25, 0.3) is 0 Å². The summed E-state index contributed by atoms with van der Waals surface area (Å²) in [6.45, 7) is 0.0255. The van der Waals surface area contributed by atoms with Gasteiger partial charge in [-0.15, -0.1) is 0 Å². The van der Waals surface area contributed by atoms with E-state index >= 15 is 0 Å². The van der Waals surface area contributed by atoms with E-state index in [4.69, 9.17) is 20.3 Å². The Morgan fingerprint density at radius 1 is 0.769 bits per heavy atom. The molecule has 0 saturated carbocycles. The Kier molecular flexibility index (Phi) is 4.29. The number of hydrogen-bond acceptors (Lipinski definition) is 4. The van der Waals surface area contributed by atoms with Gasteiger partial charge >= 0.3 is 0 Å². The van der Waals surface area contributed by atoms with E-state index in [0.29, 0.717) is 12.8 Å². The first kappa shape index (κ1) is 10.0. The van der Waals surface area contributed by atoms with Crippen molar-refractivity contribution in [2.75, 3.05) is 6.79 Å². The lowest BCUT2D eigenvalue weighted by atomic mass is 10.1. The molecule has 4 nitrogen and oxygen atoms in total. The van der Waals surface area contributed by atoms with Gasteiger partial charge in [0.2, 0.25) is 6.79 Å². The lowest BCUT2D eigenvalue weighted by Gasteiger charge is -2.07. The van der Waals surface area contributed by atoms with E-state index < -0.39 is 0 Å². The lowest BCUT2D eigenvalue weighted by Crippen LogP contribution is -2.10. The van der Waals surface area contributed by atoms with Crippen LogP contribution in [-0.4, -0.2) is 18.6 Å². The van der Waals surface area contributed by atoms with Crippen molar-refractivity contribution in [2.45, 2.75) is 38.5 Å². The maximum atomic E-state index is 7.36. The van der Waals surface area contributed by atoms with E-state index in [-0.39, 0.29) is 18.6 Å². The largest absolute Gasteiger partial charge is 0.445 e. The number of rotatable bonds is 0. The molecule has 1 rings (SSSR count). The smallest absolute Gasteiger partial charge is 0.233 e. The third-order valence-corrected chi connectivity index (χ3v) is 2.02. The molecule has 1 aliphatic rings. The van der Waals surface area contributed by atoms with Gasteiger partial charge in [0.1, 0.15) is 0 Å². The zero-order valence-corrected chi connectivity index (χ0v) is 7.77. The van der Waals surface area contributed by atoms with Gasteiger partial charge in [-0.3, -0.25) is 10.8 Å². The Balaban J connectivity index is 2.31. The van der Waals surface area contributed by atoms with Gasteiger partial charge < -0.3 is 9.47 Å². The minimum Gasteiger partial charge on any atom is -0.445 e. The average molecular weight is 184 g/mol. The monoisotopic (exact) mass is 184 g/mol. The van der Waals surface area contributed by atoms with E-state index in [2.05, 4.69) is 0 Å². The molecule has 1 saturated heterocycles. The van der Waals surface area contributed by atoms with Crippen molar-refractivity contribution in [3.63, 3.8) is 0 Å². The lowest BCUT2D eigenvalue weighted by molar-refractivity contribution is 0.0911. The maximum absolute atomic E-state index is 7.36. The van der Waals surface area contributed by atoms with Crippen molar-refractivity contribution in [3.05, 3.63) is 0 Å². The minimum atomic E-state index is 0.0255. The van der Waals surface area contributed by atoms with Gasteiger partial charge in [0.05, 0.1) is 0 Å². The summed E-state index contributed by atoms with van der Waals surface area (Å²) in [5, 5.41) is 14.7. The van der Waals surface area contributed by atoms with E-state index in [0.717, 1.165) is 25.7 Å². The summed E-state index contributed by atoms with van der Waals surface area (Å²) in [5.41, 5.74) is 0. The quantitative estimate of drug-likeness (QED) is 0.606. The molecule has 0 atom stereocenters. The Bertz CT molecular complexity index is 172. The number of nitrogens with one attached hydrogen (secondary N) is 2. The van der Waals surface area contributed by atoms with Crippen LogP contribution in [0.3, 0.4) is 0 Å². The van der Waals surface area contributed by atoms with Crippen LogP contribution in [0.2, 0.25) is 0 Å². The molecule has 2 N–H and O–H groups in total. The number of ether oxygens (including phenoxy) is 2. The van der Waals surface area contributed by atoms with Crippen LogP contribution in [0.1, 0.15) is 38.5 Å². The second-order valence-corrected chi connectivity index (χ2v) is 3.17. The van der Waals surface area contributed by atoms with E-state index in [9.17, 15) is 0 Å². The highest BCUT2D eigenvalue weighted by molar-refractivity contribution is 5.74. The fourth-order valence-corrected chi connectivity index (χ4v) is 1.24. The molecule has 0 aliphatic carbocycles. The molecule has 74 valence electrons. The standard InChI is InChI=1S/C9H16N2O2/c10-8-5-3-1-2-4-6-9(11)13-7-12-8/h10-11H,1-7H2. The molecule has 13 heavy (non-hydrogen) atoms. The van der Waals surface area contributed by atoms with Crippen molar-refractivity contribution in [3.8, 4) is 0 Å². The molecule has 0 radical (unpaired) electrons. The van der Waals surface area contributed by atoms with Crippen molar-refractivity contribution in [1.82, 2.24) is 0 Å². The molecule has 0 aromatic rings. The molecule has 1 aliphatic heterocycles. The molecule has 0 unspecified atom stereocenters.